The van der Waals surface area contributed by atoms with Gasteiger partial charge in [0.1, 0.15) is 25.5 Å². The van der Waals surface area contributed by atoms with Crippen molar-refractivity contribution in [1.29, 1.82) is 0 Å². The molecule has 2 heterocycles. The quantitative estimate of drug-likeness (QED) is 0.622. The van der Waals surface area contributed by atoms with E-state index in [1.165, 1.54) is 4.68 Å². The summed E-state index contributed by atoms with van der Waals surface area (Å²) in [6.45, 7) is 0.970. The SMILES string of the molecule is O=C(COc1ccc(NC(=O)Cn2cccn2)cc1)Nc1ccc2c(c1)OCCO2. The molecule has 1 aromatic heterocycles. The van der Waals surface area contributed by atoms with Gasteiger partial charge >= 0.3 is 0 Å². The molecular formula is C21H20N4O5. The number of hydrogen-bond acceptors (Lipinski definition) is 6. The van der Waals surface area contributed by atoms with Crippen molar-refractivity contribution in [2.24, 2.45) is 0 Å². The van der Waals surface area contributed by atoms with Crippen LogP contribution in [0.5, 0.6) is 17.2 Å². The molecule has 30 heavy (non-hydrogen) atoms. The molecule has 1 aliphatic heterocycles. The molecule has 0 saturated carbocycles. The third-order valence-electron chi connectivity index (χ3n) is 4.20. The largest absolute Gasteiger partial charge is 0.486 e. The molecule has 0 aliphatic carbocycles. The Bertz CT molecular complexity index is 1020. The second-order valence-corrected chi connectivity index (χ2v) is 6.47. The molecule has 2 aromatic carbocycles. The maximum absolute atomic E-state index is 12.1. The van der Waals surface area contributed by atoms with E-state index in [4.69, 9.17) is 14.2 Å². The van der Waals surface area contributed by atoms with E-state index in [1.54, 1.807) is 60.9 Å². The van der Waals surface area contributed by atoms with Gasteiger partial charge in [0.15, 0.2) is 18.1 Å². The summed E-state index contributed by atoms with van der Waals surface area (Å²) < 4.78 is 18.0. The molecule has 0 atom stereocenters. The van der Waals surface area contributed by atoms with Crippen LogP contribution in [0, 0.1) is 0 Å². The zero-order chi connectivity index (χ0) is 20.8. The number of amides is 2. The Morgan fingerprint density at radius 3 is 2.47 bits per heavy atom. The molecule has 2 amide bonds. The molecule has 1 aliphatic rings. The van der Waals surface area contributed by atoms with Crippen molar-refractivity contribution in [3.8, 4) is 17.2 Å². The number of carbonyl (C=O) groups is 2. The number of ether oxygens (including phenoxy) is 3. The molecule has 9 nitrogen and oxygen atoms in total. The monoisotopic (exact) mass is 408 g/mol. The fraction of sp³-hybridized carbons (Fsp3) is 0.190. The molecule has 0 saturated heterocycles. The fourth-order valence-electron chi connectivity index (χ4n) is 2.84. The summed E-state index contributed by atoms with van der Waals surface area (Å²) in [5.41, 5.74) is 1.23. The number of rotatable bonds is 7. The van der Waals surface area contributed by atoms with Crippen LogP contribution >= 0.6 is 0 Å². The van der Waals surface area contributed by atoms with E-state index < -0.39 is 0 Å². The molecule has 2 N–H and O–H groups in total. The van der Waals surface area contributed by atoms with E-state index in [1.807, 2.05) is 0 Å². The average Bonchev–Trinajstić information content (AvgIpc) is 3.26. The molecule has 4 rings (SSSR count). The van der Waals surface area contributed by atoms with Crippen molar-refractivity contribution in [2.45, 2.75) is 6.54 Å². The number of nitrogens with one attached hydrogen (secondary N) is 2. The number of anilines is 2. The maximum Gasteiger partial charge on any atom is 0.262 e. The van der Waals surface area contributed by atoms with Crippen LogP contribution in [0.15, 0.2) is 60.9 Å². The van der Waals surface area contributed by atoms with Crippen LogP contribution in [0.25, 0.3) is 0 Å². The lowest BCUT2D eigenvalue weighted by Crippen LogP contribution is -2.21. The number of carbonyl (C=O) groups excluding carboxylic acids is 2. The molecule has 154 valence electrons. The predicted molar refractivity (Wildman–Crippen MR) is 109 cm³/mol. The number of aromatic nitrogens is 2. The van der Waals surface area contributed by atoms with Crippen molar-refractivity contribution in [3.05, 3.63) is 60.9 Å². The van der Waals surface area contributed by atoms with Crippen molar-refractivity contribution in [2.75, 3.05) is 30.5 Å². The zero-order valence-corrected chi connectivity index (χ0v) is 16.0. The second kappa shape index (κ2) is 8.99. The van der Waals surface area contributed by atoms with E-state index in [2.05, 4.69) is 15.7 Å². The molecule has 0 bridgehead atoms. The lowest BCUT2D eigenvalue weighted by atomic mass is 10.2. The van der Waals surface area contributed by atoms with Gasteiger partial charge in [0.25, 0.3) is 5.91 Å². The number of hydrogen-bond donors (Lipinski definition) is 2. The van der Waals surface area contributed by atoms with Crippen LogP contribution in [0.3, 0.4) is 0 Å². The first-order valence-corrected chi connectivity index (χ1v) is 9.35. The summed E-state index contributed by atoms with van der Waals surface area (Å²) in [7, 11) is 0. The average molecular weight is 408 g/mol. The van der Waals surface area contributed by atoms with Gasteiger partial charge in [-0.2, -0.15) is 5.10 Å². The van der Waals surface area contributed by atoms with Gasteiger partial charge in [-0.05, 0) is 42.5 Å². The Hall–Kier alpha value is -4.01. The summed E-state index contributed by atoms with van der Waals surface area (Å²) in [5.74, 6) is 1.28. The Kier molecular flexibility index (Phi) is 5.79. The summed E-state index contributed by atoms with van der Waals surface area (Å²) in [5, 5.41) is 9.52. The van der Waals surface area contributed by atoms with E-state index in [0.717, 1.165) is 0 Å². The highest BCUT2D eigenvalue weighted by molar-refractivity contribution is 5.92. The van der Waals surface area contributed by atoms with E-state index in [-0.39, 0.29) is 25.0 Å². The number of benzene rings is 2. The Morgan fingerprint density at radius 1 is 0.967 bits per heavy atom. The molecule has 3 aromatic rings. The van der Waals surface area contributed by atoms with Crippen LogP contribution in [-0.4, -0.2) is 41.4 Å². The topological polar surface area (TPSA) is 104 Å². The van der Waals surface area contributed by atoms with Gasteiger partial charge in [-0.1, -0.05) is 0 Å². The van der Waals surface area contributed by atoms with E-state index in [9.17, 15) is 9.59 Å². The standard InChI is InChI=1S/C21H20N4O5/c26-20(13-25-9-1-8-22-25)23-15-2-5-17(6-3-15)30-14-21(27)24-16-4-7-18-19(12-16)29-11-10-28-18/h1-9,12H,10-11,13-14H2,(H,23,26)(H,24,27). The van der Waals surface area contributed by atoms with Crippen LogP contribution in [0.1, 0.15) is 0 Å². The molecule has 0 radical (unpaired) electrons. The zero-order valence-electron chi connectivity index (χ0n) is 16.0. The van der Waals surface area contributed by atoms with E-state index in [0.29, 0.717) is 41.8 Å². The van der Waals surface area contributed by atoms with Gasteiger partial charge in [0.05, 0.1) is 0 Å². The maximum atomic E-state index is 12.1. The first-order valence-electron chi connectivity index (χ1n) is 9.35. The molecule has 0 fully saturated rings. The third-order valence-corrected chi connectivity index (χ3v) is 4.20. The Labute approximate surface area is 172 Å². The van der Waals surface area contributed by atoms with Crippen molar-refractivity contribution in [3.63, 3.8) is 0 Å². The molecule has 0 spiro atoms. The van der Waals surface area contributed by atoms with Gasteiger partial charge in [0, 0.05) is 29.8 Å². The van der Waals surface area contributed by atoms with Gasteiger partial charge in [-0.25, -0.2) is 0 Å². The van der Waals surface area contributed by atoms with Gasteiger partial charge in [-0.3, -0.25) is 14.3 Å². The normalized spacial score (nSPS) is 12.1. The van der Waals surface area contributed by atoms with Crippen molar-refractivity contribution < 1.29 is 23.8 Å². The number of nitrogens with zero attached hydrogens (tertiary/aromatic N) is 2. The molecule has 9 heteroatoms. The van der Waals surface area contributed by atoms with Crippen molar-refractivity contribution in [1.82, 2.24) is 9.78 Å². The highest BCUT2D eigenvalue weighted by Gasteiger charge is 2.13. The minimum Gasteiger partial charge on any atom is -0.486 e. The lowest BCUT2D eigenvalue weighted by molar-refractivity contribution is -0.118. The fourth-order valence-corrected chi connectivity index (χ4v) is 2.84. The predicted octanol–water partition coefficient (Wildman–Crippen LogP) is 2.31. The Balaban J connectivity index is 1.24. The second-order valence-electron chi connectivity index (χ2n) is 6.47. The summed E-state index contributed by atoms with van der Waals surface area (Å²) in [6.07, 6.45) is 3.33. The first kappa shape index (κ1) is 19.3. The first-order chi connectivity index (χ1) is 14.7. The Morgan fingerprint density at radius 2 is 1.70 bits per heavy atom. The van der Waals surface area contributed by atoms with Crippen LogP contribution in [0.4, 0.5) is 11.4 Å². The molecule has 0 unspecified atom stereocenters. The molecular weight excluding hydrogens is 388 g/mol. The highest BCUT2D eigenvalue weighted by Crippen LogP contribution is 2.32. The van der Waals surface area contributed by atoms with Gasteiger partial charge in [-0.15, -0.1) is 0 Å². The minimum atomic E-state index is -0.303. The van der Waals surface area contributed by atoms with E-state index >= 15 is 0 Å². The third kappa shape index (κ3) is 5.07. The summed E-state index contributed by atoms with van der Waals surface area (Å²) >= 11 is 0. The minimum absolute atomic E-state index is 0.130. The van der Waals surface area contributed by atoms with Crippen LogP contribution in [0.2, 0.25) is 0 Å². The van der Waals surface area contributed by atoms with Gasteiger partial charge < -0.3 is 24.8 Å². The smallest absolute Gasteiger partial charge is 0.262 e. The highest BCUT2D eigenvalue weighted by atomic mass is 16.6. The van der Waals surface area contributed by atoms with Gasteiger partial charge in [0.2, 0.25) is 5.91 Å². The van der Waals surface area contributed by atoms with Crippen molar-refractivity contribution >= 4 is 23.2 Å². The van der Waals surface area contributed by atoms with Crippen LogP contribution < -0.4 is 24.8 Å². The summed E-state index contributed by atoms with van der Waals surface area (Å²) in [4.78, 5) is 24.1. The van der Waals surface area contributed by atoms with Crippen LogP contribution in [-0.2, 0) is 16.1 Å². The summed E-state index contributed by atoms with van der Waals surface area (Å²) in [6, 6.07) is 13.7. The number of fused-ring (bicyclic) bond motifs is 1. The lowest BCUT2D eigenvalue weighted by Gasteiger charge is -2.19.